The molecule has 0 radical (unpaired) electrons. The van der Waals surface area contributed by atoms with Gasteiger partial charge in [0.2, 0.25) is 0 Å². The summed E-state index contributed by atoms with van der Waals surface area (Å²) in [4.78, 5) is 5.22. The minimum Gasteiger partial charge on any atom is -0.319 e. The second kappa shape index (κ2) is 7.13. The molecule has 0 saturated carbocycles. The van der Waals surface area contributed by atoms with Gasteiger partial charge in [-0.2, -0.15) is 0 Å². The predicted octanol–water partition coefficient (Wildman–Crippen LogP) is 1.94. The van der Waals surface area contributed by atoms with Gasteiger partial charge in [-0.1, -0.05) is 6.07 Å². The van der Waals surface area contributed by atoms with E-state index in [-0.39, 0.29) is 6.04 Å². The monoisotopic (exact) mass is 325 g/mol. The van der Waals surface area contributed by atoms with Crippen LogP contribution in [0.25, 0.3) is 0 Å². The highest BCUT2D eigenvalue weighted by Crippen LogP contribution is 2.23. The lowest BCUT2D eigenvalue weighted by Crippen LogP contribution is -2.26. The molecule has 0 fully saturated rings. The molecule has 21 heavy (non-hydrogen) atoms. The van der Waals surface area contributed by atoms with Crippen LogP contribution in [0.5, 0.6) is 0 Å². The first kappa shape index (κ1) is 16.1. The number of likely N-dealkylation sites (N-methyl/N-ethyl adjacent to an activating group) is 1. The summed E-state index contributed by atoms with van der Waals surface area (Å²) in [5.41, 5.74) is 0.702. The van der Waals surface area contributed by atoms with E-state index in [2.05, 4.69) is 15.0 Å². The second-order valence-corrected chi connectivity index (χ2v) is 7.78. The topological polar surface area (TPSA) is 71.1 Å². The fourth-order valence-electron chi connectivity index (χ4n) is 1.87. The third-order valence-corrected chi connectivity index (χ3v) is 6.16. The Bertz CT molecular complexity index is 669. The third kappa shape index (κ3) is 4.34. The Kier molecular flexibility index (Phi) is 5.46. The van der Waals surface area contributed by atoms with E-state index in [1.165, 1.54) is 11.3 Å². The Balaban J connectivity index is 2.09. The molecule has 114 valence electrons. The number of hydrogen-bond acceptors (Lipinski definition) is 5. The highest BCUT2D eigenvalue weighted by Gasteiger charge is 2.20. The van der Waals surface area contributed by atoms with Gasteiger partial charge in [0.05, 0.1) is 11.7 Å². The van der Waals surface area contributed by atoms with Gasteiger partial charge in [0.15, 0.2) is 0 Å². The average molecular weight is 325 g/mol. The van der Waals surface area contributed by atoms with E-state index < -0.39 is 10.0 Å². The van der Waals surface area contributed by atoms with E-state index in [9.17, 15) is 8.42 Å². The van der Waals surface area contributed by atoms with Gasteiger partial charge in [0.1, 0.15) is 4.21 Å². The molecule has 0 amide bonds. The Morgan fingerprint density at radius 1 is 1.29 bits per heavy atom. The minimum atomic E-state index is -3.50. The van der Waals surface area contributed by atoms with Crippen LogP contribution in [0.2, 0.25) is 0 Å². The van der Waals surface area contributed by atoms with E-state index in [0.29, 0.717) is 9.90 Å². The molecular formula is C14H19N3O2S2. The highest BCUT2D eigenvalue weighted by molar-refractivity contribution is 7.91. The molecule has 0 bridgehead atoms. The van der Waals surface area contributed by atoms with Crippen LogP contribution in [0.1, 0.15) is 23.5 Å². The molecule has 0 saturated heterocycles. The summed E-state index contributed by atoms with van der Waals surface area (Å²) >= 11 is 1.31. The average Bonchev–Trinajstić information content (AvgIpc) is 2.95. The van der Waals surface area contributed by atoms with Crippen molar-refractivity contribution in [3.05, 3.63) is 47.1 Å². The van der Waals surface area contributed by atoms with Crippen LogP contribution in [0.3, 0.4) is 0 Å². The van der Waals surface area contributed by atoms with Gasteiger partial charge in [0, 0.05) is 11.1 Å². The molecule has 2 N–H and O–H groups in total. The molecule has 0 aliphatic heterocycles. The van der Waals surface area contributed by atoms with Crippen LogP contribution >= 0.6 is 11.3 Å². The molecule has 1 unspecified atom stereocenters. The van der Waals surface area contributed by atoms with E-state index in [4.69, 9.17) is 0 Å². The molecule has 2 heterocycles. The highest BCUT2D eigenvalue weighted by atomic mass is 32.2. The normalized spacial score (nSPS) is 13.2. The summed E-state index contributed by atoms with van der Waals surface area (Å²) in [5.74, 6) is 0. The first-order valence-corrected chi connectivity index (χ1v) is 8.99. The van der Waals surface area contributed by atoms with Crippen LogP contribution in [-0.4, -0.2) is 27.0 Å². The van der Waals surface area contributed by atoms with Crippen molar-refractivity contribution < 1.29 is 8.42 Å². The summed E-state index contributed by atoms with van der Waals surface area (Å²) in [7, 11) is -1.63. The number of nitrogens with one attached hydrogen (secondary N) is 2. The Morgan fingerprint density at radius 2 is 2.10 bits per heavy atom. The van der Waals surface area contributed by atoms with Crippen molar-refractivity contribution in [2.45, 2.75) is 23.6 Å². The zero-order valence-corrected chi connectivity index (χ0v) is 13.7. The van der Waals surface area contributed by atoms with Gasteiger partial charge in [-0.05, 0) is 51.2 Å². The van der Waals surface area contributed by atoms with E-state index in [1.54, 1.807) is 31.3 Å². The van der Waals surface area contributed by atoms with Crippen molar-refractivity contribution in [1.29, 1.82) is 0 Å². The Labute approximate surface area is 129 Å². The van der Waals surface area contributed by atoms with Crippen molar-refractivity contribution in [2.75, 3.05) is 13.6 Å². The molecule has 0 aliphatic rings. The summed E-state index contributed by atoms with van der Waals surface area (Å²) in [6, 6.07) is 8.61. The Morgan fingerprint density at radius 3 is 2.76 bits per heavy atom. The van der Waals surface area contributed by atoms with Crippen LogP contribution in [0, 0.1) is 0 Å². The van der Waals surface area contributed by atoms with Crippen LogP contribution < -0.4 is 10.0 Å². The van der Waals surface area contributed by atoms with Crippen LogP contribution in [0.15, 0.2) is 40.7 Å². The van der Waals surface area contributed by atoms with Gasteiger partial charge >= 0.3 is 0 Å². The van der Waals surface area contributed by atoms with Crippen molar-refractivity contribution >= 4 is 21.4 Å². The minimum absolute atomic E-state index is 0.344. The molecule has 2 rings (SSSR count). The number of rotatable bonds is 7. The zero-order valence-electron chi connectivity index (χ0n) is 12.0. The lowest BCUT2D eigenvalue weighted by atomic mass is 10.2. The Hall–Kier alpha value is -1.28. The van der Waals surface area contributed by atoms with Crippen molar-refractivity contribution in [3.63, 3.8) is 0 Å². The van der Waals surface area contributed by atoms with Crippen molar-refractivity contribution in [1.82, 2.24) is 15.0 Å². The van der Waals surface area contributed by atoms with Crippen molar-refractivity contribution in [2.24, 2.45) is 0 Å². The standard InChI is InChI=1S/C14H19N3O2S2/c1-11(13-5-3-4-9-16-13)17-21(18,19)14-7-6-12(20-14)8-10-15-2/h3-7,9,11,15,17H,8,10H2,1-2H3. The maximum Gasteiger partial charge on any atom is 0.250 e. The maximum atomic E-state index is 12.4. The molecular weight excluding hydrogens is 306 g/mol. The summed E-state index contributed by atoms with van der Waals surface area (Å²) < 4.78 is 27.7. The quantitative estimate of drug-likeness (QED) is 0.816. The zero-order chi connectivity index (χ0) is 15.3. The van der Waals surface area contributed by atoms with Gasteiger partial charge < -0.3 is 5.32 Å². The second-order valence-electron chi connectivity index (χ2n) is 4.67. The molecule has 7 heteroatoms. The predicted molar refractivity (Wildman–Crippen MR) is 84.9 cm³/mol. The molecule has 0 aliphatic carbocycles. The van der Waals surface area contributed by atoms with Crippen LogP contribution in [-0.2, 0) is 16.4 Å². The molecule has 1 atom stereocenters. The fraction of sp³-hybridized carbons (Fsp3) is 0.357. The van der Waals surface area contributed by atoms with E-state index in [1.807, 2.05) is 19.2 Å². The number of thiophene rings is 1. The van der Waals surface area contributed by atoms with Gasteiger partial charge in [0.25, 0.3) is 10.0 Å². The summed E-state index contributed by atoms with van der Waals surface area (Å²) in [6.45, 7) is 2.62. The molecule has 2 aromatic rings. The summed E-state index contributed by atoms with van der Waals surface area (Å²) in [5, 5.41) is 3.05. The first-order valence-electron chi connectivity index (χ1n) is 6.69. The third-order valence-electron chi connectivity index (χ3n) is 2.99. The summed E-state index contributed by atoms with van der Waals surface area (Å²) in [6.07, 6.45) is 2.48. The lowest BCUT2D eigenvalue weighted by molar-refractivity contribution is 0.566. The van der Waals surface area contributed by atoms with Crippen LogP contribution in [0.4, 0.5) is 0 Å². The number of aromatic nitrogens is 1. The van der Waals surface area contributed by atoms with E-state index >= 15 is 0 Å². The van der Waals surface area contributed by atoms with Gasteiger partial charge in [-0.25, -0.2) is 13.1 Å². The number of sulfonamides is 1. The molecule has 5 nitrogen and oxygen atoms in total. The molecule has 0 spiro atoms. The van der Waals surface area contributed by atoms with Crippen molar-refractivity contribution in [3.8, 4) is 0 Å². The van der Waals surface area contributed by atoms with Gasteiger partial charge in [-0.3, -0.25) is 4.98 Å². The first-order chi connectivity index (χ1) is 10.0. The maximum absolute atomic E-state index is 12.4. The molecule has 0 aromatic carbocycles. The lowest BCUT2D eigenvalue weighted by Gasteiger charge is -2.12. The smallest absolute Gasteiger partial charge is 0.250 e. The fourth-order valence-corrected chi connectivity index (χ4v) is 4.46. The van der Waals surface area contributed by atoms with E-state index in [0.717, 1.165) is 17.8 Å². The SMILES string of the molecule is CNCCc1ccc(S(=O)(=O)NC(C)c2ccccn2)s1. The number of pyridine rings is 1. The number of hydrogen-bond donors (Lipinski definition) is 2. The molecule has 2 aromatic heterocycles. The van der Waals surface area contributed by atoms with Gasteiger partial charge in [-0.15, -0.1) is 11.3 Å². The largest absolute Gasteiger partial charge is 0.319 e. The number of nitrogens with zero attached hydrogens (tertiary/aromatic N) is 1.